The predicted octanol–water partition coefficient (Wildman–Crippen LogP) is 7.19. The zero-order valence-corrected chi connectivity index (χ0v) is 17.0. The number of hydrogen-bond donors (Lipinski definition) is 2. The Labute approximate surface area is 162 Å². The zero-order valence-electron chi connectivity index (χ0n) is 11.6. The predicted molar refractivity (Wildman–Crippen MR) is 106 cm³/mol. The van der Waals surface area contributed by atoms with Gasteiger partial charge in [0.25, 0.3) is 0 Å². The van der Waals surface area contributed by atoms with Gasteiger partial charge < -0.3 is 10.8 Å². The Bertz CT molecular complexity index is 301. The molecule has 0 aliphatic rings. The van der Waals surface area contributed by atoms with Crippen LogP contribution in [0.1, 0.15) is 49.5 Å². The molecule has 0 atom stereocenters. The number of carboxylic acids is 1. The molecule has 22 heavy (non-hydrogen) atoms. The van der Waals surface area contributed by atoms with E-state index in [1.165, 1.54) is 13.8 Å². The molecule has 0 unspecified atom stereocenters. The van der Waals surface area contributed by atoms with Gasteiger partial charge in [-0.05, 0) is 25.4 Å². The Morgan fingerprint density at radius 2 is 1.00 bits per heavy atom. The van der Waals surface area contributed by atoms with Crippen molar-refractivity contribution in [3.8, 4) is 0 Å². The minimum atomic E-state index is -3.69. The molecule has 0 saturated carbocycles. The molecule has 0 aromatic heterocycles. The number of halogens is 6. The van der Waals surface area contributed by atoms with E-state index >= 15 is 0 Å². The van der Waals surface area contributed by atoms with Crippen molar-refractivity contribution in [1.82, 2.24) is 0 Å². The Hall–Kier alpha value is 1.27. The van der Waals surface area contributed by atoms with Gasteiger partial charge in [0.2, 0.25) is 5.24 Å². The molecule has 0 radical (unpaired) electrons. The van der Waals surface area contributed by atoms with Gasteiger partial charge in [-0.1, -0.05) is 35.6 Å². The van der Waals surface area contributed by atoms with Crippen LogP contribution in [-0.2, 0) is 9.59 Å². The number of aliphatic carboxylic acids is 1. The summed E-state index contributed by atoms with van der Waals surface area (Å²) in [7, 11) is 0. The van der Waals surface area contributed by atoms with Gasteiger partial charge in [-0.25, -0.2) is 0 Å². The average molecular weight is 464 g/mol. The summed E-state index contributed by atoms with van der Waals surface area (Å²) < 4.78 is -3.69. The molecule has 0 saturated heterocycles. The average Bonchev–Trinajstić information content (AvgIpc) is 1.95. The van der Waals surface area contributed by atoms with Crippen molar-refractivity contribution in [2.45, 2.75) is 55.0 Å². The molecule has 0 heterocycles. The summed E-state index contributed by atoms with van der Waals surface area (Å²) in [5.74, 6) is -0.979. The molecule has 0 fully saturated rings. The third-order valence-electron chi connectivity index (χ3n) is 1.14. The van der Waals surface area contributed by atoms with Crippen LogP contribution in [0.3, 0.4) is 0 Å². The van der Waals surface area contributed by atoms with Crippen molar-refractivity contribution in [2.24, 2.45) is 11.1 Å². The van der Waals surface area contributed by atoms with Crippen molar-refractivity contribution in [3.05, 3.63) is 0 Å². The Morgan fingerprint density at radius 3 is 1.00 bits per heavy atom. The standard InChI is InChI=1S/C5H9ClO.C4H9NO2.2CH4.Cl5P/c1-5(2,3)4(6)7;1-4(2,5)3(6)7;;;1-6(2,3,4)5/h1-3H3;5H2,1-2H3,(H,6,7);2*1H4;. The van der Waals surface area contributed by atoms with Gasteiger partial charge in [-0.15, -0.1) is 0 Å². The fourth-order valence-electron chi connectivity index (χ4n) is 0. The van der Waals surface area contributed by atoms with E-state index in [2.05, 4.69) is 0 Å². The van der Waals surface area contributed by atoms with Crippen LogP contribution in [0.15, 0.2) is 0 Å². The van der Waals surface area contributed by atoms with Gasteiger partial charge >= 0.3 is 65.5 Å². The zero-order chi connectivity index (χ0) is 17.6. The van der Waals surface area contributed by atoms with Gasteiger partial charge in [-0.3, -0.25) is 9.59 Å². The summed E-state index contributed by atoms with van der Waals surface area (Å²) >= 11 is 30.0. The Kier molecular flexibility index (Phi) is 18.5. The maximum atomic E-state index is 10.2. The van der Waals surface area contributed by atoms with Crippen LogP contribution >= 0.6 is 71.2 Å². The molecule has 0 spiro atoms. The van der Waals surface area contributed by atoms with E-state index in [1.54, 1.807) is 20.8 Å². The SMILES string of the molecule is C.C.CC(C)(C)C(=O)Cl.CC(C)(N)C(=O)O.ClP(Cl)(Cl)(Cl)Cl. The molecule has 0 rings (SSSR count). The van der Waals surface area contributed by atoms with E-state index in [4.69, 9.17) is 78.6 Å². The van der Waals surface area contributed by atoms with Crippen molar-refractivity contribution < 1.29 is 14.7 Å². The third kappa shape index (κ3) is 49.6. The van der Waals surface area contributed by atoms with Gasteiger partial charge in [0, 0.05) is 5.41 Å². The summed E-state index contributed by atoms with van der Waals surface area (Å²) in [4.78, 5) is 20.1. The van der Waals surface area contributed by atoms with E-state index in [0.717, 1.165) is 0 Å². The molecule has 0 aromatic rings. The second-order valence-electron chi connectivity index (χ2n) is 5.19. The van der Waals surface area contributed by atoms with Crippen LogP contribution in [0.25, 0.3) is 0 Å². The van der Waals surface area contributed by atoms with Crippen LogP contribution < -0.4 is 5.73 Å². The molecular formula is C11H26Cl6NO3P. The number of carbonyl (C=O) groups excluding carboxylic acids is 1. The molecule has 3 N–H and O–H groups in total. The van der Waals surface area contributed by atoms with Crippen molar-refractivity contribution >= 4 is 82.4 Å². The van der Waals surface area contributed by atoms with Crippen LogP contribution in [0.4, 0.5) is 0 Å². The van der Waals surface area contributed by atoms with Crippen LogP contribution in [0.2, 0.25) is 0 Å². The minimum absolute atomic E-state index is 0. The van der Waals surface area contributed by atoms with Crippen LogP contribution in [0.5, 0.6) is 0 Å². The molecule has 0 aromatic carbocycles. The first kappa shape index (κ1) is 34.6. The number of hydrogen-bond acceptors (Lipinski definition) is 3. The normalized spacial score (nSPS) is 12.5. The summed E-state index contributed by atoms with van der Waals surface area (Å²) in [6.07, 6.45) is 0. The van der Waals surface area contributed by atoms with E-state index in [9.17, 15) is 9.59 Å². The monoisotopic (exact) mass is 461 g/mol. The molecule has 140 valence electrons. The molecular weight excluding hydrogens is 438 g/mol. The van der Waals surface area contributed by atoms with E-state index in [0.29, 0.717) is 0 Å². The fourth-order valence-corrected chi connectivity index (χ4v) is 0. The number of nitrogens with two attached hydrogens (primary N) is 1. The maximum absolute atomic E-state index is 10.2. The van der Waals surface area contributed by atoms with Crippen molar-refractivity contribution in [2.75, 3.05) is 0 Å². The quantitative estimate of drug-likeness (QED) is 0.318. The van der Waals surface area contributed by atoms with Crippen LogP contribution in [0, 0.1) is 5.41 Å². The van der Waals surface area contributed by atoms with Gasteiger partial charge in [-0.2, -0.15) is 0 Å². The van der Waals surface area contributed by atoms with E-state index < -0.39 is 14.9 Å². The number of carbonyl (C=O) groups is 2. The summed E-state index contributed by atoms with van der Waals surface area (Å²) in [5, 5.41) is 7.84. The Balaban J connectivity index is -0.0000000630. The number of rotatable bonds is 1. The first-order valence-electron chi connectivity index (χ1n) is 4.95. The first-order valence-corrected chi connectivity index (χ1v) is 12.1. The molecule has 0 aliphatic heterocycles. The second-order valence-corrected chi connectivity index (χ2v) is 22.1. The van der Waals surface area contributed by atoms with Gasteiger partial charge in [0.1, 0.15) is 5.54 Å². The fraction of sp³-hybridized carbons (Fsp3) is 0.818. The molecule has 4 nitrogen and oxygen atoms in total. The van der Waals surface area contributed by atoms with Gasteiger partial charge in [0.15, 0.2) is 0 Å². The van der Waals surface area contributed by atoms with E-state index in [1.807, 2.05) is 0 Å². The molecule has 0 amide bonds. The molecule has 0 bridgehead atoms. The summed E-state index contributed by atoms with van der Waals surface area (Å²) in [5.41, 5.74) is 3.62. The first-order chi connectivity index (χ1) is 8.12. The van der Waals surface area contributed by atoms with Crippen molar-refractivity contribution in [3.63, 3.8) is 0 Å². The second kappa shape index (κ2) is 11.8. The summed E-state index contributed by atoms with van der Waals surface area (Å²) in [6.45, 7) is 8.22. The molecule has 0 aliphatic carbocycles. The van der Waals surface area contributed by atoms with E-state index in [-0.39, 0.29) is 25.5 Å². The topological polar surface area (TPSA) is 80.4 Å². The summed E-state index contributed by atoms with van der Waals surface area (Å²) in [6, 6.07) is 0. The van der Waals surface area contributed by atoms with Gasteiger partial charge in [0.05, 0.1) is 0 Å². The van der Waals surface area contributed by atoms with Crippen molar-refractivity contribution in [1.29, 1.82) is 0 Å². The Morgan fingerprint density at radius 1 is 0.909 bits per heavy atom. The number of carboxylic acid groups (broad SMARTS) is 1. The van der Waals surface area contributed by atoms with Crippen LogP contribution in [-0.4, -0.2) is 21.9 Å². The third-order valence-corrected chi connectivity index (χ3v) is 1.71. The molecule has 11 heteroatoms.